The topological polar surface area (TPSA) is 99.3 Å². The van der Waals surface area contributed by atoms with Crippen LogP contribution in [0.5, 0.6) is 0 Å². The minimum atomic E-state index is -0.614. The second-order valence-electron chi connectivity index (χ2n) is 4.14. The lowest BCUT2D eigenvalue weighted by Crippen LogP contribution is -2.41. The van der Waals surface area contributed by atoms with Gasteiger partial charge >= 0.3 is 6.03 Å². The van der Waals surface area contributed by atoms with Crippen LogP contribution < -0.4 is 21.3 Å². The van der Waals surface area contributed by atoms with Crippen LogP contribution in [0.2, 0.25) is 0 Å². The van der Waals surface area contributed by atoms with Crippen molar-refractivity contribution in [1.82, 2.24) is 10.6 Å². The van der Waals surface area contributed by atoms with Gasteiger partial charge in [0, 0.05) is 19.2 Å². The van der Waals surface area contributed by atoms with Crippen molar-refractivity contribution in [2.24, 2.45) is 0 Å². The van der Waals surface area contributed by atoms with Crippen LogP contribution in [0.25, 0.3) is 0 Å². The third-order valence-corrected chi connectivity index (χ3v) is 2.32. The molecule has 0 aliphatic carbocycles. The molecule has 0 aliphatic heterocycles. The van der Waals surface area contributed by atoms with Gasteiger partial charge in [0.15, 0.2) is 0 Å². The van der Waals surface area contributed by atoms with Gasteiger partial charge in [-0.1, -0.05) is 0 Å². The Morgan fingerprint density at radius 1 is 1.24 bits per heavy atom. The van der Waals surface area contributed by atoms with E-state index < -0.39 is 17.8 Å². The Labute approximate surface area is 121 Å². The zero-order chi connectivity index (χ0) is 15.8. The summed E-state index contributed by atoms with van der Waals surface area (Å²) in [5, 5.41) is 9.52. The lowest BCUT2D eigenvalue weighted by Gasteiger charge is -2.10. The number of amides is 4. The number of carbonyl (C=O) groups is 3. The Balaban J connectivity index is 2.60. The van der Waals surface area contributed by atoms with Gasteiger partial charge in [0.05, 0.1) is 12.2 Å². The number of rotatable bonds is 5. The number of hydrogen-bond acceptors (Lipinski definition) is 4. The molecule has 0 bridgehead atoms. The first-order valence-electron chi connectivity index (χ1n) is 6.31. The summed E-state index contributed by atoms with van der Waals surface area (Å²) in [6.45, 7) is 3.15. The maximum Gasteiger partial charge on any atom is 0.321 e. The second kappa shape index (κ2) is 7.83. The molecule has 0 atom stereocenters. The molecule has 1 rings (SSSR count). The molecule has 0 aromatic heterocycles. The van der Waals surface area contributed by atoms with Crippen LogP contribution in [-0.2, 0) is 9.59 Å². The molecule has 8 heteroatoms. The van der Waals surface area contributed by atoms with Crippen LogP contribution in [0, 0.1) is 5.82 Å². The summed E-state index contributed by atoms with van der Waals surface area (Å²) in [5.41, 5.74) is 0.447. The van der Waals surface area contributed by atoms with Crippen LogP contribution in [0.15, 0.2) is 18.2 Å². The van der Waals surface area contributed by atoms with Gasteiger partial charge in [-0.15, -0.1) is 0 Å². The average Bonchev–Trinajstić information content (AvgIpc) is 2.39. The van der Waals surface area contributed by atoms with Crippen molar-refractivity contribution in [2.75, 3.05) is 23.7 Å². The Kier molecular flexibility index (Phi) is 6.12. The summed E-state index contributed by atoms with van der Waals surface area (Å²) < 4.78 is 13.6. The highest BCUT2D eigenvalue weighted by Gasteiger charge is 2.09. The molecule has 0 saturated heterocycles. The SMILES string of the molecule is CCNC(=O)NC(=O)CNc1cc(NC(C)=O)ccc1F. The predicted octanol–water partition coefficient (Wildman–Crippen LogP) is 1.04. The molecule has 1 aromatic rings. The summed E-state index contributed by atoms with van der Waals surface area (Å²) in [6, 6.07) is 3.30. The van der Waals surface area contributed by atoms with E-state index in [1.54, 1.807) is 6.92 Å². The van der Waals surface area contributed by atoms with E-state index in [9.17, 15) is 18.8 Å². The van der Waals surface area contributed by atoms with E-state index in [4.69, 9.17) is 0 Å². The predicted molar refractivity (Wildman–Crippen MR) is 76.4 cm³/mol. The number of nitrogens with one attached hydrogen (secondary N) is 4. The number of anilines is 2. The smallest absolute Gasteiger partial charge is 0.321 e. The van der Waals surface area contributed by atoms with Crippen molar-refractivity contribution < 1.29 is 18.8 Å². The van der Waals surface area contributed by atoms with Crippen molar-refractivity contribution in [3.8, 4) is 0 Å². The number of imide groups is 1. The first-order valence-corrected chi connectivity index (χ1v) is 6.31. The zero-order valence-corrected chi connectivity index (χ0v) is 11.7. The summed E-state index contributed by atoms with van der Waals surface area (Å²) in [6.07, 6.45) is 0. The van der Waals surface area contributed by atoms with Gasteiger partial charge in [-0.3, -0.25) is 14.9 Å². The van der Waals surface area contributed by atoms with E-state index in [-0.39, 0.29) is 18.1 Å². The molecular weight excluding hydrogens is 279 g/mol. The molecule has 4 N–H and O–H groups in total. The van der Waals surface area contributed by atoms with Gasteiger partial charge in [-0.2, -0.15) is 0 Å². The Bertz CT molecular complexity index is 548. The first kappa shape index (κ1) is 16.4. The summed E-state index contributed by atoms with van der Waals surface area (Å²) in [7, 11) is 0. The highest BCUT2D eigenvalue weighted by molar-refractivity contribution is 5.96. The monoisotopic (exact) mass is 296 g/mol. The van der Waals surface area contributed by atoms with Gasteiger partial charge < -0.3 is 16.0 Å². The highest BCUT2D eigenvalue weighted by atomic mass is 19.1. The minimum Gasteiger partial charge on any atom is -0.374 e. The van der Waals surface area contributed by atoms with E-state index in [1.807, 2.05) is 0 Å². The van der Waals surface area contributed by atoms with Crippen LogP contribution in [0.1, 0.15) is 13.8 Å². The van der Waals surface area contributed by atoms with Crippen LogP contribution >= 0.6 is 0 Å². The van der Waals surface area contributed by atoms with Gasteiger partial charge in [0.1, 0.15) is 5.82 Å². The Morgan fingerprint density at radius 2 is 1.95 bits per heavy atom. The Morgan fingerprint density at radius 3 is 2.57 bits per heavy atom. The van der Waals surface area contributed by atoms with Gasteiger partial charge in [-0.05, 0) is 25.1 Å². The third-order valence-electron chi connectivity index (χ3n) is 2.32. The molecular formula is C13H17FN4O3. The molecule has 1 aromatic carbocycles. The quantitative estimate of drug-likeness (QED) is 0.652. The minimum absolute atomic E-state index is 0.0484. The molecule has 7 nitrogen and oxygen atoms in total. The molecule has 0 spiro atoms. The highest BCUT2D eigenvalue weighted by Crippen LogP contribution is 2.19. The fraction of sp³-hybridized carbons (Fsp3) is 0.308. The van der Waals surface area contributed by atoms with Crippen molar-refractivity contribution in [2.45, 2.75) is 13.8 Å². The van der Waals surface area contributed by atoms with Crippen LogP contribution in [0.3, 0.4) is 0 Å². The average molecular weight is 296 g/mol. The maximum absolute atomic E-state index is 13.6. The number of benzene rings is 1. The molecule has 114 valence electrons. The normalized spacial score (nSPS) is 9.67. The molecule has 0 fully saturated rings. The zero-order valence-electron chi connectivity index (χ0n) is 11.7. The second-order valence-corrected chi connectivity index (χ2v) is 4.14. The van der Waals surface area contributed by atoms with Crippen LogP contribution in [-0.4, -0.2) is 30.9 Å². The fourth-order valence-corrected chi connectivity index (χ4v) is 1.49. The number of hydrogen-bond donors (Lipinski definition) is 4. The molecule has 0 unspecified atom stereocenters. The van der Waals surface area contributed by atoms with E-state index in [2.05, 4.69) is 21.3 Å². The number of halogens is 1. The van der Waals surface area contributed by atoms with E-state index >= 15 is 0 Å². The van der Waals surface area contributed by atoms with Crippen molar-refractivity contribution >= 4 is 29.2 Å². The van der Waals surface area contributed by atoms with Crippen LogP contribution in [0.4, 0.5) is 20.6 Å². The summed E-state index contributed by atoms with van der Waals surface area (Å²) in [5.74, 6) is -1.47. The summed E-state index contributed by atoms with van der Waals surface area (Å²) >= 11 is 0. The van der Waals surface area contributed by atoms with Crippen molar-refractivity contribution in [3.05, 3.63) is 24.0 Å². The number of urea groups is 1. The lowest BCUT2D eigenvalue weighted by molar-refractivity contribution is -0.118. The fourth-order valence-electron chi connectivity index (χ4n) is 1.49. The maximum atomic E-state index is 13.6. The van der Waals surface area contributed by atoms with Gasteiger partial charge in [0.2, 0.25) is 11.8 Å². The Hall–Kier alpha value is -2.64. The largest absolute Gasteiger partial charge is 0.374 e. The summed E-state index contributed by atoms with van der Waals surface area (Å²) in [4.78, 5) is 33.5. The van der Waals surface area contributed by atoms with E-state index in [1.165, 1.54) is 19.1 Å². The lowest BCUT2D eigenvalue weighted by atomic mass is 10.2. The first-order chi connectivity index (χ1) is 9.92. The van der Waals surface area contributed by atoms with Crippen molar-refractivity contribution in [3.63, 3.8) is 0 Å². The van der Waals surface area contributed by atoms with Gasteiger partial charge in [-0.25, -0.2) is 9.18 Å². The molecule has 0 radical (unpaired) electrons. The van der Waals surface area contributed by atoms with Crippen molar-refractivity contribution in [1.29, 1.82) is 0 Å². The van der Waals surface area contributed by atoms with E-state index in [0.717, 1.165) is 6.07 Å². The molecule has 4 amide bonds. The molecule has 0 heterocycles. The van der Waals surface area contributed by atoms with Gasteiger partial charge in [0.25, 0.3) is 0 Å². The molecule has 0 saturated carbocycles. The number of carbonyl (C=O) groups excluding carboxylic acids is 3. The molecule has 0 aliphatic rings. The molecule has 21 heavy (non-hydrogen) atoms. The third kappa shape index (κ3) is 5.89. The standard InChI is InChI=1S/C13H17FN4O3/c1-3-15-13(21)18-12(20)7-16-11-6-9(17-8(2)19)4-5-10(11)14/h4-6,16H,3,7H2,1-2H3,(H,17,19)(H2,15,18,20,21). The van der Waals surface area contributed by atoms with E-state index in [0.29, 0.717) is 12.2 Å².